The highest BCUT2D eigenvalue weighted by Gasteiger charge is 2.22. The molecule has 1 aromatic carbocycles. The summed E-state index contributed by atoms with van der Waals surface area (Å²) < 4.78 is 2.09. The van der Waals surface area contributed by atoms with Crippen LogP contribution in [-0.2, 0) is 13.1 Å². The summed E-state index contributed by atoms with van der Waals surface area (Å²) >= 11 is 6.27. The summed E-state index contributed by atoms with van der Waals surface area (Å²) in [5.41, 5.74) is 3.73. The molecule has 1 aliphatic carbocycles. The molecule has 1 heterocycles. The monoisotopic (exact) mass is 303 g/mol. The Morgan fingerprint density at radius 2 is 2.05 bits per heavy atom. The first-order valence-corrected chi connectivity index (χ1v) is 8.04. The van der Waals surface area contributed by atoms with Crippen molar-refractivity contribution in [1.82, 2.24) is 15.1 Å². The summed E-state index contributed by atoms with van der Waals surface area (Å²) in [5, 5.41) is 8.97. The molecule has 1 saturated carbocycles. The van der Waals surface area contributed by atoms with Crippen LogP contribution in [0.5, 0.6) is 0 Å². The van der Waals surface area contributed by atoms with Gasteiger partial charge in [-0.05, 0) is 30.4 Å². The van der Waals surface area contributed by atoms with E-state index in [9.17, 15) is 0 Å². The van der Waals surface area contributed by atoms with Crippen LogP contribution in [0.2, 0.25) is 5.02 Å². The van der Waals surface area contributed by atoms with E-state index in [4.69, 9.17) is 11.6 Å². The Morgan fingerprint density at radius 1 is 1.29 bits per heavy atom. The Bertz CT molecular complexity index is 614. The van der Waals surface area contributed by atoms with Gasteiger partial charge in [-0.25, -0.2) is 0 Å². The van der Waals surface area contributed by atoms with Crippen LogP contribution < -0.4 is 5.32 Å². The molecule has 0 atom stereocenters. The summed E-state index contributed by atoms with van der Waals surface area (Å²) in [6, 6.07) is 8.71. The molecule has 0 radical (unpaired) electrons. The molecule has 1 aliphatic rings. The Morgan fingerprint density at radius 3 is 2.71 bits per heavy atom. The smallest absolute Gasteiger partial charge is 0.0677 e. The third-order valence-corrected chi connectivity index (χ3v) is 4.31. The van der Waals surface area contributed by atoms with Gasteiger partial charge < -0.3 is 5.32 Å². The molecule has 3 nitrogen and oxygen atoms in total. The zero-order chi connectivity index (χ0) is 14.8. The van der Waals surface area contributed by atoms with Gasteiger partial charge in [0.05, 0.1) is 12.7 Å². The van der Waals surface area contributed by atoms with Gasteiger partial charge in [0, 0.05) is 28.9 Å². The number of nitrogens with zero attached hydrogens (tertiary/aromatic N) is 2. The number of hydrogen-bond acceptors (Lipinski definition) is 2. The van der Waals surface area contributed by atoms with Crippen molar-refractivity contribution in [1.29, 1.82) is 0 Å². The SMILES string of the molecule is CC(C)c1c(CNC2CC2)cnn1Cc1ccccc1Cl. The van der Waals surface area contributed by atoms with E-state index in [1.807, 2.05) is 24.4 Å². The zero-order valence-corrected chi connectivity index (χ0v) is 13.4. The van der Waals surface area contributed by atoms with E-state index in [1.54, 1.807) is 0 Å². The van der Waals surface area contributed by atoms with E-state index in [1.165, 1.54) is 24.1 Å². The second-order valence-electron chi connectivity index (χ2n) is 6.11. The van der Waals surface area contributed by atoms with Crippen molar-refractivity contribution in [2.45, 2.75) is 51.7 Å². The van der Waals surface area contributed by atoms with Crippen LogP contribution in [0, 0.1) is 0 Å². The maximum Gasteiger partial charge on any atom is 0.0677 e. The third kappa shape index (κ3) is 3.47. The minimum Gasteiger partial charge on any atom is -0.310 e. The van der Waals surface area contributed by atoms with Gasteiger partial charge in [0.25, 0.3) is 0 Å². The van der Waals surface area contributed by atoms with E-state index in [2.05, 4.69) is 35.0 Å². The normalized spacial score (nSPS) is 14.9. The molecule has 2 aromatic rings. The van der Waals surface area contributed by atoms with Crippen molar-refractivity contribution in [3.63, 3.8) is 0 Å². The lowest BCUT2D eigenvalue weighted by atomic mass is 10.1. The van der Waals surface area contributed by atoms with Crippen LogP contribution in [0.4, 0.5) is 0 Å². The van der Waals surface area contributed by atoms with Crippen LogP contribution in [0.3, 0.4) is 0 Å². The Hall–Kier alpha value is -1.32. The van der Waals surface area contributed by atoms with Gasteiger partial charge in [-0.2, -0.15) is 5.10 Å². The van der Waals surface area contributed by atoms with E-state index in [-0.39, 0.29) is 0 Å². The fourth-order valence-electron chi connectivity index (χ4n) is 2.69. The lowest BCUT2D eigenvalue weighted by molar-refractivity contribution is 0.606. The molecular formula is C17H22ClN3. The maximum absolute atomic E-state index is 6.27. The number of halogens is 1. The minimum absolute atomic E-state index is 0.450. The predicted octanol–water partition coefficient (Wildman–Crippen LogP) is 3.96. The molecule has 0 spiro atoms. The second-order valence-corrected chi connectivity index (χ2v) is 6.52. The molecule has 0 aliphatic heterocycles. The average Bonchev–Trinajstić information content (AvgIpc) is 3.19. The summed E-state index contributed by atoms with van der Waals surface area (Å²) in [6.07, 6.45) is 4.62. The van der Waals surface area contributed by atoms with E-state index >= 15 is 0 Å². The van der Waals surface area contributed by atoms with Crippen molar-refractivity contribution in [2.24, 2.45) is 0 Å². The summed E-state index contributed by atoms with van der Waals surface area (Å²) in [4.78, 5) is 0. The van der Waals surface area contributed by atoms with Crippen molar-refractivity contribution in [3.8, 4) is 0 Å². The van der Waals surface area contributed by atoms with Gasteiger partial charge in [-0.3, -0.25) is 4.68 Å². The largest absolute Gasteiger partial charge is 0.310 e. The van der Waals surface area contributed by atoms with Gasteiger partial charge >= 0.3 is 0 Å². The fourth-order valence-corrected chi connectivity index (χ4v) is 2.89. The molecule has 4 heteroatoms. The van der Waals surface area contributed by atoms with Gasteiger partial charge in [0.15, 0.2) is 0 Å². The molecule has 0 saturated heterocycles. The molecule has 1 fully saturated rings. The highest BCUT2D eigenvalue weighted by atomic mass is 35.5. The molecule has 1 N–H and O–H groups in total. The molecule has 0 unspecified atom stereocenters. The topological polar surface area (TPSA) is 29.9 Å². The van der Waals surface area contributed by atoms with Crippen molar-refractivity contribution >= 4 is 11.6 Å². The first-order chi connectivity index (χ1) is 10.1. The number of hydrogen-bond donors (Lipinski definition) is 1. The van der Waals surface area contributed by atoms with Crippen LogP contribution in [0.25, 0.3) is 0 Å². The van der Waals surface area contributed by atoms with Crippen LogP contribution >= 0.6 is 11.6 Å². The number of rotatable bonds is 6. The zero-order valence-electron chi connectivity index (χ0n) is 12.6. The summed E-state index contributed by atoms with van der Waals surface area (Å²) in [5.74, 6) is 0.450. The average molecular weight is 304 g/mol. The standard InChI is InChI=1S/C17H22ClN3/c1-12(2)17-14(9-19-15-7-8-15)10-20-21(17)11-13-5-3-4-6-16(13)18/h3-6,10,12,15,19H,7-9,11H2,1-2H3. The molecule has 3 rings (SSSR count). The molecule has 112 valence electrons. The quantitative estimate of drug-likeness (QED) is 0.875. The van der Waals surface area contributed by atoms with Crippen LogP contribution in [-0.4, -0.2) is 15.8 Å². The Labute approximate surface area is 131 Å². The Balaban J connectivity index is 1.82. The van der Waals surface area contributed by atoms with Crippen LogP contribution in [0.15, 0.2) is 30.5 Å². The number of nitrogens with one attached hydrogen (secondary N) is 1. The van der Waals surface area contributed by atoms with Crippen LogP contribution in [0.1, 0.15) is 49.4 Å². The predicted molar refractivity (Wildman–Crippen MR) is 86.7 cm³/mol. The van der Waals surface area contributed by atoms with Gasteiger partial charge in [-0.1, -0.05) is 43.6 Å². The van der Waals surface area contributed by atoms with E-state index in [0.717, 1.165) is 29.7 Å². The lowest BCUT2D eigenvalue weighted by Crippen LogP contribution is -2.17. The molecular weight excluding hydrogens is 282 g/mol. The highest BCUT2D eigenvalue weighted by molar-refractivity contribution is 6.31. The fraction of sp³-hybridized carbons (Fsp3) is 0.471. The van der Waals surface area contributed by atoms with Crippen molar-refractivity contribution < 1.29 is 0 Å². The highest BCUT2D eigenvalue weighted by Crippen LogP contribution is 2.24. The molecule has 0 amide bonds. The van der Waals surface area contributed by atoms with Gasteiger partial charge in [0.2, 0.25) is 0 Å². The van der Waals surface area contributed by atoms with Gasteiger partial charge in [-0.15, -0.1) is 0 Å². The maximum atomic E-state index is 6.27. The first kappa shape index (κ1) is 14.6. The van der Waals surface area contributed by atoms with Crippen molar-refractivity contribution in [3.05, 3.63) is 52.3 Å². The van der Waals surface area contributed by atoms with E-state index < -0.39 is 0 Å². The molecule has 0 bridgehead atoms. The molecule has 1 aromatic heterocycles. The minimum atomic E-state index is 0.450. The number of benzene rings is 1. The second kappa shape index (κ2) is 6.20. The third-order valence-electron chi connectivity index (χ3n) is 3.94. The summed E-state index contributed by atoms with van der Waals surface area (Å²) in [6.45, 7) is 6.10. The summed E-state index contributed by atoms with van der Waals surface area (Å²) in [7, 11) is 0. The Kier molecular flexibility index (Phi) is 4.32. The van der Waals surface area contributed by atoms with E-state index in [0.29, 0.717) is 5.92 Å². The van der Waals surface area contributed by atoms with Crippen molar-refractivity contribution in [2.75, 3.05) is 0 Å². The number of aromatic nitrogens is 2. The lowest BCUT2D eigenvalue weighted by Gasteiger charge is -2.14. The first-order valence-electron chi connectivity index (χ1n) is 7.66. The van der Waals surface area contributed by atoms with Gasteiger partial charge in [0.1, 0.15) is 0 Å². The molecule has 21 heavy (non-hydrogen) atoms.